The molecule has 210 valence electrons. The number of allylic oxidation sites excluding steroid dienone is 2. The molecule has 39 heavy (non-hydrogen) atoms. The molecule has 2 aliphatic rings. The summed E-state index contributed by atoms with van der Waals surface area (Å²) < 4.78 is 13.6. The molecule has 2 aromatic carbocycles. The number of hydrogen-bond acceptors (Lipinski definition) is 2. The fourth-order valence-corrected chi connectivity index (χ4v) is 6.68. The van der Waals surface area contributed by atoms with E-state index < -0.39 is 16.6 Å². The Balaban J connectivity index is 0.00000253. The van der Waals surface area contributed by atoms with Gasteiger partial charge in [-0.3, -0.25) is 0 Å². The molecule has 0 heterocycles. The molecule has 0 aliphatic heterocycles. The number of rotatable bonds is 7. The molecule has 0 bridgehead atoms. The molecule has 0 radical (unpaired) electrons. The average molecular weight is 679 g/mol. The monoisotopic (exact) mass is 676 g/mol. The molecule has 0 aromatic heterocycles. The minimum absolute atomic E-state index is 0. The normalized spacial score (nSPS) is 18.6. The molecule has 0 unspecified atom stereocenters. The van der Waals surface area contributed by atoms with Crippen LogP contribution in [0.15, 0.2) is 48.5 Å². The maximum Gasteiger partial charge on any atom is 4.00 e. The zero-order valence-electron chi connectivity index (χ0n) is 25.3. The van der Waals surface area contributed by atoms with Crippen molar-refractivity contribution in [3.8, 4) is 0 Å². The molecule has 0 N–H and O–H groups in total. The molecule has 0 saturated carbocycles. The van der Waals surface area contributed by atoms with Gasteiger partial charge in [-0.15, -0.1) is 23.3 Å². The minimum atomic E-state index is -1.92. The summed E-state index contributed by atoms with van der Waals surface area (Å²) in [6.07, 6.45) is 9.25. The molecule has 0 saturated heterocycles. The van der Waals surface area contributed by atoms with Gasteiger partial charge >= 0.3 is 26.2 Å². The standard InChI is InChI=1S/C32H44O2Si2.2ClH.Zr/c1-31(2,3)35(7,8)33-29-21-23(25-15-11-13-17-27(25)29)19-20-24-22-30(28-18-14-12-16-26(24)28)34-36(9,10)32(4,5)6;;;/h11-18,29-30H,19-20H2,1-10H3;2*1H;/q-2;;;+4/p-2/t29-,30+;;;. The van der Waals surface area contributed by atoms with Crippen LogP contribution >= 0.6 is 0 Å². The molecule has 2 nitrogen and oxygen atoms in total. The Morgan fingerprint density at radius 3 is 1.23 bits per heavy atom. The Labute approximate surface area is 271 Å². The molecule has 0 amide bonds. The summed E-state index contributed by atoms with van der Waals surface area (Å²) in [5, 5.41) is 0.331. The van der Waals surface area contributed by atoms with Gasteiger partial charge in [-0.2, -0.15) is 11.1 Å². The zero-order valence-corrected chi connectivity index (χ0v) is 31.2. The molecule has 7 heteroatoms. The van der Waals surface area contributed by atoms with Crippen molar-refractivity contribution in [1.29, 1.82) is 0 Å². The van der Waals surface area contributed by atoms with Crippen LogP contribution in [0.4, 0.5) is 0 Å². The van der Waals surface area contributed by atoms with E-state index in [1.54, 1.807) is 0 Å². The predicted octanol–water partition coefficient (Wildman–Crippen LogP) is 3.70. The van der Waals surface area contributed by atoms with Gasteiger partial charge in [0, 0.05) is 0 Å². The molecule has 2 atom stereocenters. The summed E-state index contributed by atoms with van der Waals surface area (Å²) in [5.41, 5.74) is 7.66. The van der Waals surface area contributed by atoms with Crippen molar-refractivity contribution in [1.82, 2.24) is 0 Å². The van der Waals surface area contributed by atoms with Crippen molar-refractivity contribution < 1.29 is 59.9 Å². The van der Waals surface area contributed by atoms with Gasteiger partial charge in [0.2, 0.25) is 0 Å². The predicted molar refractivity (Wildman–Crippen MR) is 157 cm³/mol. The Hall–Kier alpha value is -0.263. The molecule has 2 aliphatic carbocycles. The van der Waals surface area contributed by atoms with E-state index in [1.807, 2.05) is 0 Å². The smallest absolute Gasteiger partial charge is 1.00 e. The first-order chi connectivity index (χ1) is 16.6. The SMILES string of the molecule is CC(C)(C)[Si](C)(C)O[C@H]1[C-]=C(CCC2=[C-][C@@H](O[Si](C)(C)C(C)(C)C)c3ccccc32)c2ccccc21.[Cl-].[Cl-].[Zr+4]. The first-order valence-electron chi connectivity index (χ1n) is 13.4. The average Bonchev–Trinajstić information content (AvgIpc) is 3.28. The van der Waals surface area contributed by atoms with Gasteiger partial charge < -0.3 is 33.7 Å². The quantitative estimate of drug-likeness (QED) is 0.329. The van der Waals surface area contributed by atoms with E-state index in [2.05, 4.69) is 128 Å². The van der Waals surface area contributed by atoms with Crippen LogP contribution in [0.3, 0.4) is 0 Å². The third kappa shape index (κ3) is 7.77. The van der Waals surface area contributed by atoms with Crippen LogP contribution in [-0.2, 0) is 35.1 Å². The van der Waals surface area contributed by atoms with Gasteiger partial charge in [0.1, 0.15) is 0 Å². The summed E-state index contributed by atoms with van der Waals surface area (Å²) in [5.74, 6) is 0. The molecule has 0 fully saturated rings. The van der Waals surface area contributed by atoms with Crippen LogP contribution in [0.2, 0.25) is 36.3 Å². The largest absolute Gasteiger partial charge is 4.00 e. The summed E-state index contributed by atoms with van der Waals surface area (Å²) in [7, 11) is -3.84. The minimum Gasteiger partial charge on any atom is -1.00 e. The van der Waals surface area contributed by atoms with Crippen molar-refractivity contribution in [2.24, 2.45) is 0 Å². The summed E-state index contributed by atoms with van der Waals surface area (Å²) in [6, 6.07) is 17.4. The van der Waals surface area contributed by atoms with Crippen LogP contribution in [0.1, 0.15) is 88.8 Å². The topological polar surface area (TPSA) is 18.5 Å². The third-order valence-electron chi connectivity index (χ3n) is 8.81. The van der Waals surface area contributed by atoms with Gasteiger partial charge in [-0.1, -0.05) is 90.8 Å². The first kappa shape index (κ1) is 36.8. The van der Waals surface area contributed by atoms with E-state index in [1.165, 1.54) is 33.4 Å². The van der Waals surface area contributed by atoms with Crippen molar-refractivity contribution >= 4 is 27.8 Å². The van der Waals surface area contributed by atoms with E-state index in [-0.39, 0.29) is 73.3 Å². The second kappa shape index (κ2) is 13.4. The van der Waals surface area contributed by atoms with Crippen LogP contribution in [-0.4, -0.2) is 16.6 Å². The van der Waals surface area contributed by atoms with Gasteiger partial charge in [0.25, 0.3) is 0 Å². The molecule has 4 rings (SSSR count). The fourth-order valence-electron chi connectivity index (χ4n) is 4.42. The third-order valence-corrected chi connectivity index (χ3v) is 17.7. The van der Waals surface area contributed by atoms with Gasteiger partial charge in [0.05, 0.1) is 0 Å². The van der Waals surface area contributed by atoms with Crippen molar-refractivity contribution in [2.75, 3.05) is 0 Å². The Morgan fingerprint density at radius 2 is 0.923 bits per heavy atom. The van der Waals surface area contributed by atoms with Crippen LogP contribution in [0.5, 0.6) is 0 Å². The van der Waals surface area contributed by atoms with E-state index >= 15 is 0 Å². The van der Waals surface area contributed by atoms with Crippen molar-refractivity contribution in [3.05, 3.63) is 82.9 Å². The van der Waals surface area contributed by atoms with Gasteiger partial charge in [0.15, 0.2) is 16.6 Å². The molecular formula is C32H44Cl2O2Si2Zr. The van der Waals surface area contributed by atoms with Crippen LogP contribution in [0.25, 0.3) is 11.1 Å². The molecule has 2 aromatic rings. The van der Waals surface area contributed by atoms with E-state index in [0.717, 1.165) is 12.8 Å². The van der Waals surface area contributed by atoms with Crippen LogP contribution in [0, 0.1) is 12.2 Å². The Morgan fingerprint density at radius 1 is 0.615 bits per heavy atom. The van der Waals surface area contributed by atoms with Crippen LogP contribution < -0.4 is 24.8 Å². The molecular weight excluding hydrogens is 635 g/mol. The summed E-state index contributed by atoms with van der Waals surface area (Å²) in [4.78, 5) is 0. The van der Waals surface area contributed by atoms with Gasteiger partial charge in [-0.25, -0.2) is 23.3 Å². The van der Waals surface area contributed by atoms with Crippen molar-refractivity contribution in [2.45, 2.75) is 103 Å². The Bertz CT molecular complexity index is 1100. The maximum atomic E-state index is 6.82. The van der Waals surface area contributed by atoms with Gasteiger partial charge in [-0.05, 0) is 48.5 Å². The van der Waals surface area contributed by atoms with E-state index in [0.29, 0.717) is 0 Å². The summed E-state index contributed by atoms with van der Waals surface area (Å²) >= 11 is 0. The zero-order chi connectivity index (χ0) is 26.5. The number of halogens is 2. The van der Waals surface area contributed by atoms with E-state index in [4.69, 9.17) is 8.85 Å². The maximum absolute atomic E-state index is 6.82. The fraction of sp³-hybridized carbons (Fsp3) is 0.500. The second-order valence-corrected chi connectivity index (χ2v) is 22.9. The summed E-state index contributed by atoms with van der Waals surface area (Å²) in [6.45, 7) is 23.1. The number of benzene rings is 2. The second-order valence-electron chi connectivity index (χ2n) is 13.4. The van der Waals surface area contributed by atoms with Crippen molar-refractivity contribution in [3.63, 3.8) is 0 Å². The number of hydrogen-bond donors (Lipinski definition) is 0. The Kier molecular flexibility index (Phi) is 12.6. The number of fused-ring (bicyclic) bond motifs is 2. The van der Waals surface area contributed by atoms with E-state index in [9.17, 15) is 0 Å². The molecule has 0 spiro atoms. The first-order valence-corrected chi connectivity index (χ1v) is 19.2.